The minimum atomic E-state index is 0.0352. The van der Waals surface area contributed by atoms with E-state index >= 15 is 0 Å². The molecular weight excluding hydrogens is 667 g/mol. The second-order valence-electron chi connectivity index (χ2n) is 18.3. The van der Waals surface area contributed by atoms with Gasteiger partial charge < -0.3 is 9.32 Å². The van der Waals surface area contributed by atoms with Crippen molar-refractivity contribution in [1.82, 2.24) is 0 Å². The Morgan fingerprint density at radius 3 is 2.09 bits per heavy atom. The Morgan fingerprint density at radius 1 is 0.491 bits per heavy atom. The molecule has 0 aliphatic heterocycles. The lowest BCUT2D eigenvalue weighted by atomic mass is 9.50. The summed E-state index contributed by atoms with van der Waals surface area (Å²) >= 11 is 0. The predicted molar refractivity (Wildman–Crippen MR) is 226 cm³/mol. The van der Waals surface area contributed by atoms with Gasteiger partial charge >= 0.3 is 0 Å². The van der Waals surface area contributed by atoms with Gasteiger partial charge in [-0.15, -0.1) is 0 Å². The summed E-state index contributed by atoms with van der Waals surface area (Å²) in [5.74, 6) is 3.13. The van der Waals surface area contributed by atoms with Gasteiger partial charge in [0.1, 0.15) is 11.2 Å². The first-order valence-corrected chi connectivity index (χ1v) is 21.4. The van der Waals surface area contributed by atoms with Crippen molar-refractivity contribution in [2.45, 2.75) is 81.5 Å². The van der Waals surface area contributed by atoms with Crippen LogP contribution in [0.4, 0.5) is 17.1 Å². The third kappa shape index (κ3) is 4.06. The van der Waals surface area contributed by atoms with Gasteiger partial charge in [-0.3, -0.25) is 0 Å². The van der Waals surface area contributed by atoms with Crippen LogP contribution in [0.15, 0.2) is 132 Å². The summed E-state index contributed by atoms with van der Waals surface area (Å²) in [6.45, 7) is 0. The van der Waals surface area contributed by atoms with Gasteiger partial charge in [0, 0.05) is 39.0 Å². The van der Waals surface area contributed by atoms with Crippen molar-refractivity contribution < 1.29 is 4.42 Å². The van der Waals surface area contributed by atoms with Gasteiger partial charge in [0.05, 0.1) is 5.69 Å². The number of furan rings is 1. The maximum absolute atomic E-state index is 6.64. The zero-order valence-electron chi connectivity index (χ0n) is 31.6. The van der Waals surface area contributed by atoms with Crippen LogP contribution < -0.4 is 4.90 Å². The summed E-state index contributed by atoms with van der Waals surface area (Å²) in [7, 11) is 0. The van der Waals surface area contributed by atoms with Crippen molar-refractivity contribution in [1.29, 1.82) is 0 Å². The van der Waals surface area contributed by atoms with Gasteiger partial charge in [-0.1, -0.05) is 111 Å². The monoisotopic (exact) mass is 713 g/mol. The van der Waals surface area contributed by atoms with E-state index in [1.165, 1.54) is 126 Å². The van der Waals surface area contributed by atoms with Crippen LogP contribution in [0, 0.1) is 23.7 Å². The minimum absolute atomic E-state index is 0.0352. The molecule has 4 bridgehead atoms. The summed E-state index contributed by atoms with van der Waals surface area (Å²) in [4.78, 5) is 2.67. The predicted octanol–water partition coefficient (Wildman–Crippen LogP) is 14.4. The van der Waals surface area contributed by atoms with Crippen molar-refractivity contribution in [2.24, 2.45) is 23.7 Å². The summed E-state index contributed by atoms with van der Waals surface area (Å²) in [6, 6.07) is 49.3. The lowest BCUT2D eigenvalue weighted by molar-refractivity contribution is 0.0621. The van der Waals surface area contributed by atoms with Gasteiger partial charge in [0.2, 0.25) is 0 Å². The Bertz CT molecular complexity index is 2700. The number of nitrogens with zero attached hydrogens (tertiary/aromatic N) is 1. The third-order valence-electron chi connectivity index (χ3n) is 15.9. The molecule has 7 aliphatic rings. The largest absolute Gasteiger partial charge is 0.456 e. The van der Waals surface area contributed by atoms with Gasteiger partial charge in [0.25, 0.3) is 0 Å². The topological polar surface area (TPSA) is 16.4 Å². The normalized spacial score (nSPS) is 26.3. The van der Waals surface area contributed by atoms with E-state index in [9.17, 15) is 0 Å². The van der Waals surface area contributed by atoms with Crippen LogP contribution in [-0.4, -0.2) is 0 Å². The Balaban J connectivity index is 1.09. The fourth-order valence-corrected chi connectivity index (χ4v) is 14.1. The zero-order valence-corrected chi connectivity index (χ0v) is 31.6. The number of hydrogen-bond acceptors (Lipinski definition) is 2. The maximum atomic E-state index is 6.64. The maximum Gasteiger partial charge on any atom is 0.137 e. The molecule has 7 aromatic rings. The molecule has 2 spiro atoms. The Kier molecular flexibility index (Phi) is 6.37. The molecule has 2 heteroatoms. The molecule has 5 saturated carbocycles. The zero-order chi connectivity index (χ0) is 35.9. The van der Waals surface area contributed by atoms with E-state index in [1.54, 1.807) is 16.7 Å². The first kappa shape index (κ1) is 31.2. The first-order chi connectivity index (χ1) is 27.2. The number of benzene rings is 6. The number of para-hydroxylation sites is 1. The van der Waals surface area contributed by atoms with Gasteiger partial charge in [-0.25, -0.2) is 0 Å². The molecule has 14 rings (SSSR count). The van der Waals surface area contributed by atoms with Crippen LogP contribution in [0.3, 0.4) is 0 Å². The molecule has 0 radical (unpaired) electrons. The summed E-state index contributed by atoms with van der Waals surface area (Å²) in [5, 5.41) is 2.37. The van der Waals surface area contributed by atoms with E-state index in [-0.39, 0.29) is 10.8 Å². The number of rotatable bonds is 3. The van der Waals surface area contributed by atoms with Crippen LogP contribution >= 0.6 is 0 Å². The molecule has 0 saturated heterocycles. The molecular formula is C53H47NO. The SMILES string of the molecule is c1ccc2c(c1)-c1ccc(N(c3ccc4c(c3)oc3ccccc34)c3cccc4c3C3(c5ccccc5-4)C4CCC5CC(C4)CC3C5)cc1C21CCCCC1. The Morgan fingerprint density at radius 2 is 1.18 bits per heavy atom. The molecule has 0 amide bonds. The Hall–Kier alpha value is -5.08. The van der Waals surface area contributed by atoms with Gasteiger partial charge in [-0.2, -0.15) is 0 Å². The first-order valence-electron chi connectivity index (χ1n) is 21.4. The minimum Gasteiger partial charge on any atom is -0.456 e. The van der Waals surface area contributed by atoms with Crippen LogP contribution in [-0.2, 0) is 10.8 Å². The number of anilines is 3. The fourth-order valence-electron chi connectivity index (χ4n) is 14.1. The quantitative estimate of drug-likeness (QED) is 0.181. The van der Waals surface area contributed by atoms with Crippen molar-refractivity contribution in [3.8, 4) is 22.3 Å². The van der Waals surface area contributed by atoms with E-state index < -0.39 is 0 Å². The molecule has 5 fully saturated rings. The number of fused-ring (bicyclic) bond motifs is 12. The highest BCUT2D eigenvalue weighted by Gasteiger charge is 2.60. The van der Waals surface area contributed by atoms with E-state index in [0.717, 1.165) is 23.0 Å². The third-order valence-corrected chi connectivity index (χ3v) is 15.9. The highest BCUT2D eigenvalue weighted by molar-refractivity contribution is 6.06. The van der Waals surface area contributed by atoms with Gasteiger partial charge in [-0.05, 0) is 150 Å². The van der Waals surface area contributed by atoms with Crippen LogP contribution in [0.1, 0.15) is 92.9 Å². The van der Waals surface area contributed by atoms with Crippen molar-refractivity contribution in [3.63, 3.8) is 0 Å². The molecule has 270 valence electrons. The summed E-state index contributed by atoms with van der Waals surface area (Å²) in [5.41, 5.74) is 18.0. The highest BCUT2D eigenvalue weighted by atomic mass is 16.3. The van der Waals surface area contributed by atoms with E-state index in [0.29, 0.717) is 11.8 Å². The molecule has 55 heavy (non-hydrogen) atoms. The van der Waals surface area contributed by atoms with E-state index in [1.807, 2.05) is 0 Å². The summed E-state index contributed by atoms with van der Waals surface area (Å²) in [6.07, 6.45) is 14.7. The standard InChI is InChI=1S/C53H47NO/c1-8-25-52(26-9-1)45-15-5-2-11-39(45)41-23-21-37(31-47(41)52)54(38-22-24-43-42-13-4-7-18-49(42)55-50(43)32-38)48-17-10-14-44-40-12-3-6-16-46(40)53(51(44)48)35-20-19-33-27-34(29-35)30-36(53)28-33/h2-7,10-18,21-24,31-36H,1,8-9,19-20,25-30H2. The second kappa shape index (κ2) is 11.3. The molecule has 6 aromatic carbocycles. The second-order valence-corrected chi connectivity index (χ2v) is 18.3. The fraction of sp³-hybridized carbons (Fsp3) is 0.321. The van der Waals surface area contributed by atoms with Crippen LogP contribution in [0.25, 0.3) is 44.2 Å². The smallest absolute Gasteiger partial charge is 0.137 e. The van der Waals surface area contributed by atoms with Crippen molar-refractivity contribution in [3.05, 3.63) is 150 Å². The van der Waals surface area contributed by atoms with Crippen LogP contribution in [0.5, 0.6) is 0 Å². The summed E-state index contributed by atoms with van der Waals surface area (Å²) < 4.78 is 6.64. The molecule has 2 nitrogen and oxygen atoms in total. The Labute approximate surface area is 324 Å². The number of hydrogen-bond donors (Lipinski definition) is 0. The highest BCUT2D eigenvalue weighted by Crippen LogP contribution is 2.69. The molecule has 1 heterocycles. The van der Waals surface area contributed by atoms with E-state index in [4.69, 9.17) is 4.42 Å². The molecule has 5 unspecified atom stereocenters. The molecule has 0 N–H and O–H groups in total. The molecule has 7 aliphatic carbocycles. The lowest BCUT2D eigenvalue weighted by Crippen LogP contribution is -2.48. The van der Waals surface area contributed by atoms with Crippen molar-refractivity contribution in [2.75, 3.05) is 4.90 Å². The van der Waals surface area contributed by atoms with Crippen LogP contribution in [0.2, 0.25) is 0 Å². The van der Waals surface area contributed by atoms with E-state index in [2.05, 4.69) is 132 Å². The lowest BCUT2D eigenvalue weighted by Gasteiger charge is -2.53. The molecule has 1 aromatic heterocycles. The molecule has 5 atom stereocenters. The van der Waals surface area contributed by atoms with Gasteiger partial charge in [0.15, 0.2) is 0 Å². The average Bonchev–Trinajstić information content (AvgIpc) is 3.77. The van der Waals surface area contributed by atoms with Crippen molar-refractivity contribution >= 4 is 39.0 Å². The average molecular weight is 714 g/mol.